The largest absolute Gasteiger partial charge is 0.495 e. The highest BCUT2D eigenvalue weighted by atomic mass is 35.5. The van der Waals surface area contributed by atoms with Crippen LogP contribution in [0.1, 0.15) is 5.56 Å². The second-order valence-corrected chi connectivity index (χ2v) is 5.48. The minimum atomic E-state index is 0.338. The van der Waals surface area contributed by atoms with Crippen LogP contribution >= 0.6 is 23.2 Å². The Balaban J connectivity index is 2.14. The number of nitrogens with zero attached hydrogens (tertiary/aromatic N) is 5. The number of methoxy groups -OCH3 is 1. The third-order valence-electron chi connectivity index (χ3n) is 3.20. The fourth-order valence-corrected chi connectivity index (χ4v) is 2.49. The van der Waals surface area contributed by atoms with Crippen molar-refractivity contribution in [1.82, 2.24) is 14.9 Å². The van der Waals surface area contributed by atoms with Gasteiger partial charge in [-0.05, 0) is 17.7 Å². The van der Waals surface area contributed by atoms with Gasteiger partial charge in [-0.2, -0.15) is 5.10 Å². The molecule has 0 saturated carbocycles. The third kappa shape index (κ3) is 4.65. The summed E-state index contributed by atoms with van der Waals surface area (Å²) >= 11 is 11.7. The molecule has 10 heteroatoms. The number of hydrogen-bond acceptors (Lipinski definition) is 7. The molecule has 1 aromatic heterocycles. The van der Waals surface area contributed by atoms with E-state index in [1.165, 1.54) is 11.0 Å². The van der Waals surface area contributed by atoms with Crippen molar-refractivity contribution in [3.05, 3.63) is 30.1 Å². The second kappa shape index (κ2) is 9.19. The van der Waals surface area contributed by atoms with E-state index in [0.29, 0.717) is 30.8 Å². The molecule has 0 aliphatic carbocycles. The summed E-state index contributed by atoms with van der Waals surface area (Å²) in [5.41, 5.74) is 4.49. The van der Waals surface area contributed by atoms with Gasteiger partial charge in [-0.3, -0.25) is 0 Å². The van der Waals surface area contributed by atoms with Crippen molar-refractivity contribution in [2.45, 2.75) is 0 Å². The molecule has 0 aliphatic rings. The lowest BCUT2D eigenvalue weighted by Gasteiger charge is -2.25. The van der Waals surface area contributed by atoms with E-state index in [4.69, 9.17) is 33.8 Å². The summed E-state index contributed by atoms with van der Waals surface area (Å²) < 4.78 is 6.71. The lowest BCUT2D eigenvalue weighted by molar-refractivity contribution is 0.414. The zero-order chi connectivity index (χ0) is 17.4. The molecular formula is C14H19Cl2N7O. The van der Waals surface area contributed by atoms with Gasteiger partial charge >= 0.3 is 0 Å². The molecule has 0 bridgehead atoms. The van der Waals surface area contributed by atoms with Crippen LogP contribution in [-0.4, -0.2) is 53.0 Å². The molecule has 3 N–H and O–H groups in total. The molecule has 0 atom stereocenters. The number of nitrogens with two attached hydrogens (primary N) is 1. The number of nitrogen functional groups attached to an aromatic ring is 1. The van der Waals surface area contributed by atoms with Gasteiger partial charge in [0.25, 0.3) is 5.95 Å². The molecule has 130 valence electrons. The summed E-state index contributed by atoms with van der Waals surface area (Å²) in [6, 6.07) is 5.75. The Kier molecular flexibility index (Phi) is 6.95. The lowest BCUT2D eigenvalue weighted by atomic mass is 10.2. The Hall–Kier alpha value is -2.19. The van der Waals surface area contributed by atoms with E-state index in [-0.39, 0.29) is 0 Å². The third-order valence-corrected chi connectivity index (χ3v) is 3.54. The van der Waals surface area contributed by atoms with Crippen molar-refractivity contribution in [1.29, 1.82) is 0 Å². The van der Waals surface area contributed by atoms with Gasteiger partial charge in [0, 0.05) is 24.8 Å². The monoisotopic (exact) mass is 371 g/mol. The number of aromatic nitrogens is 3. The predicted molar refractivity (Wildman–Crippen MR) is 98.0 cm³/mol. The highest BCUT2D eigenvalue weighted by Gasteiger charge is 2.11. The normalized spacial score (nSPS) is 11.0. The summed E-state index contributed by atoms with van der Waals surface area (Å²) in [6.45, 7) is 1.37. The number of alkyl halides is 2. The molecule has 24 heavy (non-hydrogen) atoms. The van der Waals surface area contributed by atoms with Crippen molar-refractivity contribution in [3.8, 4) is 5.75 Å². The predicted octanol–water partition coefficient (Wildman–Crippen LogP) is 1.73. The number of ether oxygens (including phenoxy) is 1. The van der Waals surface area contributed by atoms with Crippen LogP contribution in [0.4, 0.5) is 11.6 Å². The Morgan fingerprint density at radius 1 is 1.38 bits per heavy atom. The molecule has 2 aromatic rings. The molecule has 0 radical (unpaired) electrons. The van der Waals surface area contributed by atoms with Crippen LogP contribution in [0.15, 0.2) is 29.6 Å². The second-order valence-electron chi connectivity index (χ2n) is 4.73. The molecule has 0 fully saturated rings. The minimum absolute atomic E-state index is 0.338. The molecule has 0 spiro atoms. The maximum absolute atomic E-state index is 5.86. The van der Waals surface area contributed by atoms with E-state index >= 15 is 0 Å². The zero-order valence-electron chi connectivity index (χ0n) is 13.2. The van der Waals surface area contributed by atoms with Gasteiger partial charge in [0.1, 0.15) is 12.1 Å². The molecule has 0 unspecified atom stereocenters. The van der Waals surface area contributed by atoms with Gasteiger partial charge < -0.3 is 15.5 Å². The van der Waals surface area contributed by atoms with Crippen LogP contribution in [0.25, 0.3) is 0 Å². The first-order chi connectivity index (χ1) is 11.7. The molecule has 0 saturated heterocycles. The fourth-order valence-electron chi connectivity index (χ4n) is 2.08. The Morgan fingerprint density at radius 2 is 2.12 bits per heavy atom. The average molecular weight is 372 g/mol. The summed E-state index contributed by atoms with van der Waals surface area (Å²) in [6.07, 6.45) is 3.01. The Labute approximate surface area is 150 Å². The first-order valence-electron chi connectivity index (χ1n) is 7.18. The number of nitrogens with one attached hydrogen (secondary N) is 1. The maximum Gasteiger partial charge on any atom is 0.263 e. The Bertz CT molecular complexity index is 671. The first kappa shape index (κ1) is 18.2. The zero-order valence-corrected chi connectivity index (χ0v) is 14.7. The molecule has 2 rings (SSSR count). The van der Waals surface area contributed by atoms with Gasteiger partial charge in [0.15, 0.2) is 0 Å². The van der Waals surface area contributed by atoms with Gasteiger partial charge in [-0.25, -0.2) is 10.1 Å². The van der Waals surface area contributed by atoms with Crippen LogP contribution in [0.5, 0.6) is 5.75 Å². The average Bonchev–Trinajstić information content (AvgIpc) is 3.00. The van der Waals surface area contributed by atoms with Crippen LogP contribution in [0.3, 0.4) is 0 Å². The van der Waals surface area contributed by atoms with Crippen molar-refractivity contribution in [2.24, 2.45) is 5.10 Å². The van der Waals surface area contributed by atoms with E-state index in [0.717, 1.165) is 17.0 Å². The number of benzene rings is 1. The van der Waals surface area contributed by atoms with Crippen LogP contribution in [0, 0.1) is 0 Å². The summed E-state index contributed by atoms with van der Waals surface area (Å²) in [7, 11) is 1.62. The van der Waals surface area contributed by atoms with E-state index in [2.05, 4.69) is 25.6 Å². The van der Waals surface area contributed by atoms with Gasteiger partial charge in [0.2, 0.25) is 0 Å². The van der Waals surface area contributed by atoms with Gasteiger partial charge in [-0.1, -0.05) is 6.07 Å². The van der Waals surface area contributed by atoms with E-state index < -0.39 is 0 Å². The molecule has 1 heterocycles. The van der Waals surface area contributed by atoms with Crippen molar-refractivity contribution < 1.29 is 4.74 Å². The quantitative estimate of drug-likeness (QED) is 0.301. The van der Waals surface area contributed by atoms with Crippen molar-refractivity contribution >= 4 is 41.1 Å². The number of rotatable bonds is 9. The molecule has 8 nitrogen and oxygen atoms in total. The number of halogens is 2. The number of hydrazone groups is 1. The molecule has 0 amide bonds. The fraction of sp³-hybridized carbons (Fsp3) is 0.357. The SMILES string of the molecule is COc1cc(/C=N\Nc2nncn2N)ccc1N(CCCl)CCCl. The lowest BCUT2D eigenvalue weighted by Crippen LogP contribution is -2.28. The van der Waals surface area contributed by atoms with Gasteiger partial charge in [0.05, 0.1) is 19.0 Å². The summed E-state index contributed by atoms with van der Waals surface area (Å²) in [4.78, 5) is 2.08. The summed E-state index contributed by atoms with van der Waals surface area (Å²) in [5.74, 6) is 7.65. The van der Waals surface area contributed by atoms with Gasteiger partial charge in [-0.15, -0.1) is 33.4 Å². The standard InChI is InChI=1S/C14H19Cl2N7O/c1-24-13-8-11(9-18-20-14-21-19-10-23(14)17)2-3-12(13)22(6-4-15)7-5-16/h2-3,8-10H,4-7,17H2,1H3,(H,20,21)/b18-9-. The molecular weight excluding hydrogens is 353 g/mol. The number of hydrogen-bond donors (Lipinski definition) is 2. The van der Waals surface area contributed by atoms with E-state index in [9.17, 15) is 0 Å². The molecule has 1 aromatic carbocycles. The topological polar surface area (TPSA) is 93.6 Å². The smallest absolute Gasteiger partial charge is 0.263 e. The van der Waals surface area contributed by atoms with Crippen LogP contribution < -0.4 is 20.9 Å². The Morgan fingerprint density at radius 3 is 2.71 bits per heavy atom. The first-order valence-corrected chi connectivity index (χ1v) is 8.25. The van der Waals surface area contributed by atoms with Crippen LogP contribution in [0.2, 0.25) is 0 Å². The minimum Gasteiger partial charge on any atom is -0.495 e. The van der Waals surface area contributed by atoms with Crippen molar-refractivity contribution in [2.75, 3.05) is 48.1 Å². The van der Waals surface area contributed by atoms with Crippen LogP contribution in [-0.2, 0) is 0 Å². The summed E-state index contributed by atoms with van der Waals surface area (Å²) in [5, 5.41) is 11.5. The van der Waals surface area contributed by atoms with E-state index in [1.807, 2.05) is 18.2 Å². The maximum atomic E-state index is 5.86. The highest BCUT2D eigenvalue weighted by molar-refractivity contribution is 6.18. The van der Waals surface area contributed by atoms with E-state index in [1.54, 1.807) is 13.3 Å². The number of anilines is 2. The van der Waals surface area contributed by atoms with Crippen molar-refractivity contribution in [3.63, 3.8) is 0 Å². The highest BCUT2D eigenvalue weighted by Crippen LogP contribution is 2.29. The molecule has 0 aliphatic heterocycles.